The minimum Gasteiger partial charge on any atom is -0.352 e. The molecule has 0 unspecified atom stereocenters. The first-order chi connectivity index (χ1) is 13.0. The van der Waals surface area contributed by atoms with E-state index in [-0.39, 0.29) is 35.7 Å². The fourth-order valence-corrected chi connectivity index (χ4v) is 4.40. The van der Waals surface area contributed by atoms with Crippen LogP contribution in [0.1, 0.15) is 25.3 Å². The molecule has 0 bridgehead atoms. The summed E-state index contributed by atoms with van der Waals surface area (Å²) >= 11 is 0. The molecule has 1 aliphatic heterocycles. The number of carbonyl (C=O) groups excluding carboxylic acids is 1. The van der Waals surface area contributed by atoms with Gasteiger partial charge in [0.2, 0.25) is 5.91 Å². The SMILES string of the molecule is C[C@H]1C[C@@H](C(=O)NCc2ccccc2NS(=O)(=O)c2ccccc2)CCN1.Cl. The quantitative estimate of drug-likeness (QED) is 0.666. The van der Waals surface area contributed by atoms with Crippen molar-refractivity contribution in [3.63, 3.8) is 0 Å². The van der Waals surface area contributed by atoms with Gasteiger partial charge in [0.05, 0.1) is 10.6 Å². The summed E-state index contributed by atoms with van der Waals surface area (Å²) in [6.07, 6.45) is 1.63. The molecule has 2 aromatic rings. The van der Waals surface area contributed by atoms with Crippen molar-refractivity contribution < 1.29 is 13.2 Å². The maximum absolute atomic E-state index is 12.6. The summed E-state index contributed by atoms with van der Waals surface area (Å²) in [6.45, 7) is 3.20. The van der Waals surface area contributed by atoms with E-state index < -0.39 is 10.0 Å². The van der Waals surface area contributed by atoms with Gasteiger partial charge in [-0.25, -0.2) is 8.42 Å². The van der Waals surface area contributed by atoms with Gasteiger partial charge in [-0.05, 0) is 50.1 Å². The molecule has 8 heteroatoms. The van der Waals surface area contributed by atoms with Gasteiger partial charge >= 0.3 is 0 Å². The molecule has 6 nitrogen and oxygen atoms in total. The molecule has 1 fully saturated rings. The van der Waals surface area contributed by atoms with Crippen molar-refractivity contribution in [2.24, 2.45) is 5.92 Å². The molecule has 0 spiro atoms. The summed E-state index contributed by atoms with van der Waals surface area (Å²) in [6, 6.07) is 15.7. The van der Waals surface area contributed by atoms with Gasteiger partial charge in [-0.15, -0.1) is 12.4 Å². The van der Waals surface area contributed by atoms with Crippen molar-refractivity contribution in [3.8, 4) is 0 Å². The lowest BCUT2D eigenvalue weighted by atomic mass is 9.92. The zero-order chi connectivity index (χ0) is 19.3. The van der Waals surface area contributed by atoms with E-state index in [9.17, 15) is 13.2 Å². The summed E-state index contributed by atoms with van der Waals surface area (Å²) in [5.41, 5.74) is 1.20. The van der Waals surface area contributed by atoms with Crippen LogP contribution in [-0.2, 0) is 21.4 Å². The van der Waals surface area contributed by atoms with E-state index >= 15 is 0 Å². The van der Waals surface area contributed by atoms with E-state index in [1.54, 1.807) is 42.5 Å². The first-order valence-corrected chi connectivity index (χ1v) is 10.6. The lowest BCUT2D eigenvalue weighted by Gasteiger charge is -2.27. The van der Waals surface area contributed by atoms with E-state index in [0.717, 1.165) is 24.9 Å². The molecule has 0 aliphatic carbocycles. The number of para-hydroxylation sites is 1. The predicted molar refractivity (Wildman–Crippen MR) is 113 cm³/mol. The van der Waals surface area contributed by atoms with Crippen molar-refractivity contribution in [2.75, 3.05) is 11.3 Å². The molecule has 3 N–H and O–H groups in total. The van der Waals surface area contributed by atoms with Crippen LogP contribution in [0.15, 0.2) is 59.5 Å². The number of rotatable bonds is 6. The zero-order valence-corrected chi connectivity index (χ0v) is 17.4. The normalized spacial score (nSPS) is 19.3. The molecule has 2 aromatic carbocycles. The van der Waals surface area contributed by atoms with Crippen LogP contribution >= 0.6 is 12.4 Å². The number of sulfonamides is 1. The Hall–Kier alpha value is -2.09. The Kier molecular flexibility index (Phi) is 7.86. The van der Waals surface area contributed by atoms with Crippen LogP contribution in [0.25, 0.3) is 0 Å². The van der Waals surface area contributed by atoms with Crippen LogP contribution in [0.2, 0.25) is 0 Å². The van der Waals surface area contributed by atoms with Gasteiger partial charge in [-0.1, -0.05) is 36.4 Å². The number of anilines is 1. The predicted octanol–water partition coefficient (Wildman–Crippen LogP) is 2.91. The number of hydrogen-bond donors (Lipinski definition) is 3. The highest BCUT2D eigenvalue weighted by molar-refractivity contribution is 7.92. The fraction of sp³-hybridized carbons (Fsp3) is 0.350. The number of benzene rings is 2. The standard InChI is InChI=1S/C20H25N3O3S.ClH/c1-15-13-16(11-12-21-15)20(24)22-14-17-7-5-6-10-19(17)23-27(25,26)18-8-3-2-4-9-18;/h2-10,15-16,21,23H,11-14H2,1H3,(H,22,24);1H/t15-,16-;/m0./s1. The van der Waals surface area contributed by atoms with Crippen molar-refractivity contribution in [1.82, 2.24) is 10.6 Å². The van der Waals surface area contributed by atoms with Crippen LogP contribution in [0.3, 0.4) is 0 Å². The minimum absolute atomic E-state index is 0. The second kappa shape index (κ2) is 9.91. The third-order valence-corrected chi connectivity index (χ3v) is 6.14. The van der Waals surface area contributed by atoms with E-state index in [1.165, 1.54) is 0 Å². The Morgan fingerprint density at radius 3 is 2.50 bits per heavy atom. The van der Waals surface area contributed by atoms with Crippen molar-refractivity contribution in [1.29, 1.82) is 0 Å². The molecule has 2 atom stereocenters. The maximum atomic E-state index is 12.6. The summed E-state index contributed by atoms with van der Waals surface area (Å²) in [7, 11) is -3.67. The van der Waals surface area contributed by atoms with Crippen LogP contribution < -0.4 is 15.4 Å². The summed E-state index contributed by atoms with van der Waals surface area (Å²) in [5, 5.41) is 6.29. The Balaban J connectivity index is 0.00000280. The van der Waals surface area contributed by atoms with Gasteiger partial charge in [0, 0.05) is 18.5 Å². The van der Waals surface area contributed by atoms with E-state index in [1.807, 2.05) is 12.1 Å². The van der Waals surface area contributed by atoms with Gasteiger partial charge in [-0.3, -0.25) is 9.52 Å². The van der Waals surface area contributed by atoms with Gasteiger partial charge in [0.15, 0.2) is 0 Å². The van der Waals surface area contributed by atoms with Crippen molar-refractivity contribution in [2.45, 2.75) is 37.2 Å². The van der Waals surface area contributed by atoms with E-state index in [4.69, 9.17) is 0 Å². The number of piperidine rings is 1. The molecule has 0 aromatic heterocycles. The average molecular weight is 424 g/mol. The Morgan fingerprint density at radius 1 is 1.11 bits per heavy atom. The van der Waals surface area contributed by atoms with Gasteiger partial charge in [0.25, 0.3) is 10.0 Å². The first-order valence-electron chi connectivity index (χ1n) is 9.12. The van der Waals surface area contributed by atoms with Crippen molar-refractivity contribution >= 4 is 34.0 Å². The molecule has 1 aliphatic rings. The zero-order valence-electron chi connectivity index (χ0n) is 15.7. The largest absolute Gasteiger partial charge is 0.352 e. The van der Waals surface area contributed by atoms with Crippen molar-refractivity contribution in [3.05, 3.63) is 60.2 Å². The highest BCUT2D eigenvalue weighted by atomic mass is 35.5. The smallest absolute Gasteiger partial charge is 0.261 e. The summed E-state index contributed by atoms with van der Waals surface area (Å²) in [5.74, 6) is 0.0125. The number of halogens is 1. The Morgan fingerprint density at radius 2 is 1.79 bits per heavy atom. The number of carbonyl (C=O) groups is 1. The average Bonchev–Trinajstić information content (AvgIpc) is 2.67. The summed E-state index contributed by atoms with van der Waals surface area (Å²) < 4.78 is 27.8. The molecule has 1 heterocycles. The molecule has 1 amide bonds. The molecular weight excluding hydrogens is 398 g/mol. The van der Waals surface area contributed by atoms with E-state index in [2.05, 4.69) is 22.3 Å². The van der Waals surface area contributed by atoms with Gasteiger partial charge in [-0.2, -0.15) is 0 Å². The molecule has 152 valence electrons. The van der Waals surface area contributed by atoms with Gasteiger partial charge in [0.1, 0.15) is 0 Å². The number of hydrogen-bond acceptors (Lipinski definition) is 4. The number of nitrogens with one attached hydrogen (secondary N) is 3. The fourth-order valence-electron chi connectivity index (χ4n) is 3.27. The van der Waals surface area contributed by atoms with E-state index in [0.29, 0.717) is 11.7 Å². The monoisotopic (exact) mass is 423 g/mol. The first kappa shape index (κ1) is 22.2. The summed E-state index contributed by atoms with van der Waals surface area (Å²) in [4.78, 5) is 12.7. The molecule has 28 heavy (non-hydrogen) atoms. The lowest BCUT2D eigenvalue weighted by molar-refractivity contribution is -0.126. The lowest BCUT2D eigenvalue weighted by Crippen LogP contribution is -2.42. The molecule has 3 rings (SSSR count). The number of amides is 1. The molecule has 1 saturated heterocycles. The molecule has 0 saturated carbocycles. The highest BCUT2D eigenvalue weighted by Gasteiger charge is 2.24. The second-order valence-corrected chi connectivity index (χ2v) is 8.55. The van der Waals surface area contributed by atoms with Crippen LogP contribution in [0.5, 0.6) is 0 Å². The Bertz CT molecular complexity index is 891. The topological polar surface area (TPSA) is 87.3 Å². The molecule has 0 radical (unpaired) electrons. The van der Waals surface area contributed by atoms with Crippen LogP contribution in [0, 0.1) is 5.92 Å². The van der Waals surface area contributed by atoms with Gasteiger partial charge < -0.3 is 10.6 Å². The van der Waals surface area contributed by atoms with Crippen LogP contribution in [0.4, 0.5) is 5.69 Å². The maximum Gasteiger partial charge on any atom is 0.261 e. The Labute approximate surface area is 172 Å². The second-order valence-electron chi connectivity index (χ2n) is 6.87. The highest BCUT2D eigenvalue weighted by Crippen LogP contribution is 2.21. The molecular formula is C20H26ClN3O3S. The van der Waals surface area contributed by atoms with Crippen LogP contribution in [-0.4, -0.2) is 26.9 Å². The third kappa shape index (κ3) is 5.70. The minimum atomic E-state index is -3.67. The third-order valence-electron chi connectivity index (χ3n) is 4.76.